The average Bonchev–Trinajstić information content (AvgIpc) is 2.74. The minimum Gasteiger partial charge on any atom is -0.378 e. The predicted molar refractivity (Wildman–Crippen MR) is 110 cm³/mol. The van der Waals surface area contributed by atoms with Crippen LogP contribution in [-0.2, 0) is 16.3 Å². The molecule has 0 aliphatic heterocycles. The van der Waals surface area contributed by atoms with Crippen LogP contribution in [0, 0.1) is 6.92 Å². The molecule has 1 amide bonds. The summed E-state index contributed by atoms with van der Waals surface area (Å²) < 4.78 is 68.2. The van der Waals surface area contributed by atoms with E-state index in [0.717, 1.165) is 12.1 Å². The molecule has 0 aliphatic carbocycles. The zero-order chi connectivity index (χ0) is 23.4. The van der Waals surface area contributed by atoms with Crippen molar-refractivity contribution in [3.05, 3.63) is 89.2 Å². The molecular formula is C21H16F3N3O4S. The second-order valence-electron chi connectivity index (χ2n) is 6.49. The van der Waals surface area contributed by atoms with Crippen molar-refractivity contribution < 1.29 is 30.6 Å². The molecule has 3 rings (SSSR count). The van der Waals surface area contributed by atoms with Crippen LogP contribution in [0.2, 0.25) is 0 Å². The number of hydrazone groups is 1. The molecular weight excluding hydrogens is 447 g/mol. The van der Waals surface area contributed by atoms with Crippen molar-refractivity contribution in [2.75, 3.05) is 0 Å². The first-order valence-corrected chi connectivity index (χ1v) is 10.4. The van der Waals surface area contributed by atoms with Crippen molar-refractivity contribution in [2.24, 2.45) is 5.10 Å². The Kier molecular flexibility index (Phi) is 6.58. The highest BCUT2D eigenvalue weighted by Crippen LogP contribution is 2.30. The molecule has 0 radical (unpaired) electrons. The summed E-state index contributed by atoms with van der Waals surface area (Å²) in [6, 6.07) is 10.5. The highest BCUT2D eigenvalue weighted by atomic mass is 32.2. The number of para-hydroxylation sites is 1. The highest BCUT2D eigenvalue weighted by molar-refractivity contribution is 7.87. The van der Waals surface area contributed by atoms with Gasteiger partial charge in [-0.25, -0.2) is 5.43 Å². The first-order chi connectivity index (χ1) is 15.1. The molecule has 166 valence electrons. The molecule has 7 nitrogen and oxygen atoms in total. The van der Waals surface area contributed by atoms with E-state index in [2.05, 4.69) is 15.5 Å². The molecule has 0 bridgehead atoms. The number of alkyl halides is 3. The van der Waals surface area contributed by atoms with Gasteiger partial charge in [0, 0.05) is 18.0 Å². The fraction of sp³-hybridized carbons (Fsp3) is 0.0952. The Hall–Kier alpha value is -3.73. The van der Waals surface area contributed by atoms with Crippen LogP contribution in [0.1, 0.15) is 27.0 Å². The number of amides is 1. The first kappa shape index (κ1) is 22.9. The number of nitrogens with one attached hydrogen (secondary N) is 1. The SMILES string of the molecule is Cc1ccncc1C(=O)N/N=C/c1ccccc1OS(=O)(=O)c1ccc(C(F)(F)F)cc1. The fourth-order valence-corrected chi connectivity index (χ4v) is 3.52. The van der Waals surface area contributed by atoms with E-state index in [9.17, 15) is 26.4 Å². The lowest BCUT2D eigenvalue weighted by Gasteiger charge is -2.11. The van der Waals surface area contributed by atoms with E-state index in [1.54, 1.807) is 25.3 Å². The zero-order valence-electron chi connectivity index (χ0n) is 16.5. The molecule has 1 N–H and O–H groups in total. The first-order valence-electron chi connectivity index (χ1n) is 9.03. The third kappa shape index (κ3) is 5.49. The van der Waals surface area contributed by atoms with Crippen molar-refractivity contribution in [3.63, 3.8) is 0 Å². The van der Waals surface area contributed by atoms with E-state index in [1.807, 2.05) is 0 Å². The van der Waals surface area contributed by atoms with Crippen molar-refractivity contribution >= 4 is 22.2 Å². The van der Waals surface area contributed by atoms with Gasteiger partial charge in [-0.3, -0.25) is 9.78 Å². The van der Waals surface area contributed by atoms with Gasteiger partial charge in [0.05, 0.1) is 17.3 Å². The Balaban J connectivity index is 1.77. The van der Waals surface area contributed by atoms with Gasteiger partial charge >= 0.3 is 16.3 Å². The van der Waals surface area contributed by atoms with Gasteiger partial charge in [-0.1, -0.05) is 12.1 Å². The maximum Gasteiger partial charge on any atom is 0.416 e. The summed E-state index contributed by atoms with van der Waals surface area (Å²) in [6.07, 6.45) is -0.486. The van der Waals surface area contributed by atoms with Crippen LogP contribution >= 0.6 is 0 Å². The van der Waals surface area contributed by atoms with E-state index in [0.29, 0.717) is 23.3 Å². The van der Waals surface area contributed by atoms with Gasteiger partial charge in [0.25, 0.3) is 5.91 Å². The summed E-state index contributed by atoms with van der Waals surface area (Å²) in [5.74, 6) is -0.634. The number of carbonyl (C=O) groups is 1. The maximum atomic E-state index is 12.7. The Bertz CT molecular complexity index is 1260. The van der Waals surface area contributed by atoms with Crippen molar-refractivity contribution in [2.45, 2.75) is 18.0 Å². The number of benzene rings is 2. The number of hydrogen-bond acceptors (Lipinski definition) is 6. The quantitative estimate of drug-likeness (QED) is 0.339. The van der Waals surface area contributed by atoms with Gasteiger partial charge in [-0.2, -0.15) is 26.7 Å². The summed E-state index contributed by atoms with van der Waals surface area (Å²) in [7, 11) is -4.41. The largest absolute Gasteiger partial charge is 0.416 e. The highest BCUT2D eigenvalue weighted by Gasteiger charge is 2.31. The number of pyridine rings is 1. The van der Waals surface area contributed by atoms with E-state index < -0.39 is 32.7 Å². The van der Waals surface area contributed by atoms with E-state index in [-0.39, 0.29) is 11.3 Å². The fourth-order valence-electron chi connectivity index (χ4n) is 2.56. The molecule has 0 saturated heterocycles. The van der Waals surface area contributed by atoms with Crippen LogP contribution in [-0.4, -0.2) is 25.5 Å². The standard InChI is InChI=1S/C21H16F3N3O4S/c1-14-10-11-25-13-18(14)20(28)27-26-12-15-4-2-3-5-19(15)31-32(29,30)17-8-6-16(7-9-17)21(22,23)24/h2-13H,1H3,(H,27,28)/b26-12+. The summed E-state index contributed by atoms with van der Waals surface area (Å²) in [5, 5.41) is 3.81. The smallest absolute Gasteiger partial charge is 0.378 e. The molecule has 2 aromatic carbocycles. The molecule has 1 aromatic heterocycles. The van der Waals surface area contributed by atoms with Crippen molar-refractivity contribution in [1.29, 1.82) is 0 Å². The number of halogens is 3. The van der Waals surface area contributed by atoms with E-state index >= 15 is 0 Å². The lowest BCUT2D eigenvalue weighted by molar-refractivity contribution is -0.137. The van der Waals surface area contributed by atoms with Crippen molar-refractivity contribution in [3.8, 4) is 5.75 Å². The number of aryl methyl sites for hydroxylation is 1. The Morgan fingerprint density at radius 1 is 1.09 bits per heavy atom. The normalized spacial score (nSPS) is 12.0. The van der Waals surface area contributed by atoms with Crippen LogP contribution in [0.15, 0.2) is 77.0 Å². The molecule has 0 saturated carbocycles. The van der Waals surface area contributed by atoms with Gasteiger partial charge in [0.1, 0.15) is 4.90 Å². The van der Waals surface area contributed by atoms with E-state index in [4.69, 9.17) is 4.18 Å². The molecule has 0 atom stereocenters. The van der Waals surface area contributed by atoms with Gasteiger partial charge in [0.15, 0.2) is 5.75 Å². The Morgan fingerprint density at radius 2 is 1.78 bits per heavy atom. The van der Waals surface area contributed by atoms with E-state index in [1.165, 1.54) is 30.6 Å². The third-order valence-corrected chi connectivity index (χ3v) is 5.49. The zero-order valence-corrected chi connectivity index (χ0v) is 17.3. The molecule has 1 heterocycles. The number of nitrogens with zero attached hydrogens (tertiary/aromatic N) is 2. The minimum atomic E-state index is -4.59. The minimum absolute atomic E-state index is 0.122. The third-order valence-electron chi connectivity index (χ3n) is 4.24. The Morgan fingerprint density at radius 3 is 2.44 bits per heavy atom. The van der Waals surface area contributed by atoms with Crippen LogP contribution in [0.3, 0.4) is 0 Å². The van der Waals surface area contributed by atoms with Crippen LogP contribution in [0.25, 0.3) is 0 Å². The van der Waals surface area contributed by atoms with Crippen LogP contribution < -0.4 is 9.61 Å². The number of carbonyl (C=O) groups excluding carboxylic acids is 1. The van der Waals surface area contributed by atoms with Gasteiger partial charge < -0.3 is 4.18 Å². The molecule has 3 aromatic rings. The maximum absolute atomic E-state index is 12.7. The number of hydrogen-bond donors (Lipinski definition) is 1. The molecule has 0 aliphatic rings. The molecule has 32 heavy (non-hydrogen) atoms. The predicted octanol–water partition coefficient (Wildman–Crippen LogP) is 3.94. The average molecular weight is 463 g/mol. The monoisotopic (exact) mass is 463 g/mol. The lowest BCUT2D eigenvalue weighted by Crippen LogP contribution is -2.19. The Labute approximate surface area is 181 Å². The molecule has 0 unspecified atom stereocenters. The number of aromatic nitrogens is 1. The van der Waals surface area contributed by atoms with Crippen LogP contribution in [0.5, 0.6) is 5.75 Å². The van der Waals surface area contributed by atoms with Crippen molar-refractivity contribution in [1.82, 2.24) is 10.4 Å². The molecule has 0 spiro atoms. The molecule has 11 heteroatoms. The lowest BCUT2D eigenvalue weighted by atomic mass is 10.1. The van der Waals surface area contributed by atoms with Gasteiger partial charge in [0.2, 0.25) is 0 Å². The van der Waals surface area contributed by atoms with Crippen LogP contribution in [0.4, 0.5) is 13.2 Å². The molecule has 0 fully saturated rings. The summed E-state index contributed by atoms with van der Waals surface area (Å²) >= 11 is 0. The second-order valence-corrected chi connectivity index (χ2v) is 8.03. The van der Waals surface area contributed by atoms with Gasteiger partial charge in [-0.05, 0) is 55.0 Å². The number of rotatable bonds is 6. The summed E-state index contributed by atoms with van der Waals surface area (Å²) in [5.41, 5.74) is 2.55. The topological polar surface area (TPSA) is 97.7 Å². The van der Waals surface area contributed by atoms with Gasteiger partial charge in [-0.15, -0.1) is 0 Å². The second kappa shape index (κ2) is 9.18. The summed E-state index contributed by atoms with van der Waals surface area (Å²) in [6.45, 7) is 1.73. The summed E-state index contributed by atoms with van der Waals surface area (Å²) in [4.78, 5) is 15.6.